The molecule has 4 rings (SSSR count). The number of nitrogens with zero attached hydrogens (tertiary/aromatic N) is 2. The third kappa shape index (κ3) is 4.89. The van der Waals surface area contributed by atoms with Gasteiger partial charge in [0.05, 0.1) is 11.8 Å². The maximum atomic E-state index is 13.1. The van der Waals surface area contributed by atoms with Gasteiger partial charge in [-0.2, -0.15) is 0 Å². The molecule has 1 aromatic carbocycles. The number of halogens is 1. The van der Waals surface area contributed by atoms with Crippen LogP contribution in [0.15, 0.2) is 24.3 Å². The number of fused-ring (bicyclic) bond motifs is 1. The number of hydrogen-bond donors (Lipinski definition) is 0. The fraction of sp³-hybridized carbons (Fsp3) is 0.640. The lowest BCUT2D eigenvalue weighted by atomic mass is 9.76. The number of rotatable bonds is 7. The Morgan fingerprint density at radius 1 is 0.935 bits per heavy atom. The van der Waals surface area contributed by atoms with Crippen LogP contribution in [0.2, 0.25) is 0 Å². The van der Waals surface area contributed by atoms with E-state index in [2.05, 4.69) is 11.8 Å². The first-order chi connectivity index (χ1) is 14.9. The highest BCUT2D eigenvalue weighted by Gasteiger charge is 2.48. The molecule has 3 fully saturated rings. The van der Waals surface area contributed by atoms with Crippen molar-refractivity contribution in [1.29, 1.82) is 0 Å². The van der Waals surface area contributed by atoms with Crippen LogP contribution in [0.4, 0.5) is 4.39 Å². The van der Waals surface area contributed by atoms with Crippen LogP contribution in [0.3, 0.4) is 0 Å². The van der Waals surface area contributed by atoms with Gasteiger partial charge in [-0.3, -0.25) is 19.3 Å². The SMILES string of the molecule is CC1CCC2C(=O)N(CCCCN3CCC(C(=O)c4ccc(F)cc4)CC3)C(=O)C2C1. The lowest BCUT2D eigenvalue weighted by molar-refractivity contribution is -0.140. The molecule has 1 aromatic rings. The summed E-state index contributed by atoms with van der Waals surface area (Å²) in [6, 6.07) is 5.82. The van der Waals surface area contributed by atoms with Crippen LogP contribution in [-0.4, -0.2) is 53.6 Å². The third-order valence-corrected chi connectivity index (χ3v) is 7.47. The fourth-order valence-corrected chi connectivity index (χ4v) is 5.55. The summed E-state index contributed by atoms with van der Waals surface area (Å²) < 4.78 is 13.1. The van der Waals surface area contributed by atoms with Gasteiger partial charge >= 0.3 is 0 Å². The summed E-state index contributed by atoms with van der Waals surface area (Å²) in [5, 5.41) is 0. The van der Waals surface area contributed by atoms with Crippen LogP contribution < -0.4 is 0 Å². The Bertz CT molecular complexity index is 817. The van der Waals surface area contributed by atoms with Gasteiger partial charge in [0, 0.05) is 18.0 Å². The lowest BCUT2D eigenvalue weighted by Crippen LogP contribution is -2.37. The number of carbonyl (C=O) groups is 3. The van der Waals surface area contributed by atoms with E-state index in [1.807, 2.05) is 0 Å². The summed E-state index contributed by atoms with van der Waals surface area (Å²) >= 11 is 0. The number of benzene rings is 1. The highest BCUT2D eigenvalue weighted by molar-refractivity contribution is 6.05. The summed E-state index contributed by atoms with van der Waals surface area (Å²) in [7, 11) is 0. The molecule has 168 valence electrons. The van der Waals surface area contributed by atoms with E-state index in [1.165, 1.54) is 17.0 Å². The standard InChI is InChI=1S/C25H33FN2O3/c1-17-4-9-21-22(16-17)25(31)28(24(21)30)13-3-2-12-27-14-10-19(11-15-27)23(29)18-5-7-20(26)8-6-18/h5-8,17,19,21-22H,2-4,9-16H2,1H3. The lowest BCUT2D eigenvalue weighted by Gasteiger charge is -2.31. The number of carbonyl (C=O) groups excluding carboxylic acids is 3. The van der Waals surface area contributed by atoms with Crippen molar-refractivity contribution in [3.8, 4) is 0 Å². The molecule has 0 bridgehead atoms. The summed E-state index contributed by atoms with van der Waals surface area (Å²) in [6.07, 6.45) is 6.19. The predicted octanol–water partition coefficient (Wildman–Crippen LogP) is 3.92. The molecule has 0 N–H and O–H groups in total. The number of imide groups is 1. The molecule has 0 radical (unpaired) electrons. The van der Waals surface area contributed by atoms with E-state index in [4.69, 9.17) is 0 Å². The van der Waals surface area contributed by atoms with Gasteiger partial charge in [0.1, 0.15) is 5.82 Å². The van der Waals surface area contributed by atoms with Crippen LogP contribution in [0, 0.1) is 29.5 Å². The maximum Gasteiger partial charge on any atom is 0.233 e. The van der Waals surface area contributed by atoms with Crippen molar-refractivity contribution in [3.05, 3.63) is 35.6 Å². The van der Waals surface area contributed by atoms with Crippen molar-refractivity contribution in [2.24, 2.45) is 23.7 Å². The highest BCUT2D eigenvalue weighted by Crippen LogP contribution is 2.40. The largest absolute Gasteiger partial charge is 0.303 e. The number of likely N-dealkylation sites (tertiary alicyclic amines) is 2. The van der Waals surface area contributed by atoms with E-state index in [-0.39, 0.29) is 41.2 Å². The number of piperidine rings is 1. The van der Waals surface area contributed by atoms with Crippen molar-refractivity contribution in [3.63, 3.8) is 0 Å². The molecule has 2 heterocycles. The normalized spacial score (nSPS) is 27.5. The molecule has 1 saturated carbocycles. The van der Waals surface area contributed by atoms with Crippen LogP contribution >= 0.6 is 0 Å². The van der Waals surface area contributed by atoms with E-state index < -0.39 is 0 Å². The van der Waals surface area contributed by atoms with Gasteiger partial charge in [-0.25, -0.2) is 4.39 Å². The Kier molecular flexibility index (Phi) is 6.85. The minimum atomic E-state index is -0.322. The molecule has 6 heteroatoms. The Hall–Kier alpha value is -2.08. The van der Waals surface area contributed by atoms with Crippen molar-refractivity contribution >= 4 is 17.6 Å². The summed E-state index contributed by atoms with van der Waals surface area (Å²) in [5.74, 6) is 0.306. The van der Waals surface area contributed by atoms with Crippen molar-refractivity contribution in [2.45, 2.75) is 51.9 Å². The minimum absolute atomic E-state index is 0.00675. The van der Waals surface area contributed by atoms with E-state index in [9.17, 15) is 18.8 Å². The molecule has 1 aliphatic carbocycles. The van der Waals surface area contributed by atoms with Crippen molar-refractivity contribution < 1.29 is 18.8 Å². The van der Waals surface area contributed by atoms with E-state index in [0.29, 0.717) is 18.0 Å². The van der Waals surface area contributed by atoms with Crippen LogP contribution in [-0.2, 0) is 9.59 Å². The van der Waals surface area contributed by atoms with Crippen LogP contribution in [0.5, 0.6) is 0 Å². The van der Waals surface area contributed by atoms with Gasteiger partial charge in [-0.15, -0.1) is 0 Å². The first-order valence-electron chi connectivity index (χ1n) is 11.8. The number of hydrogen-bond acceptors (Lipinski definition) is 4. The molecular weight excluding hydrogens is 395 g/mol. The number of Topliss-reactive ketones (excluding diaryl/α,β-unsaturated/α-hetero) is 1. The molecule has 0 spiro atoms. The average Bonchev–Trinajstić information content (AvgIpc) is 3.01. The fourth-order valence-electron chi connectivity index (χ4n) is 5.55. The van der Waals surface area contributed by atoms with Gasteiger partial charge < -0.3 is 4.90 Å². The van der Waals surface area contributed by atoms with E-state index in [0.717, 1.165) is 64.6 Å². The van der Waals surface area contributed by atoms with Gasteiger partial charge in [0.25, 0.3) is 0 Å². The number of amides is 2. The molecule has 2 saturated heterocycles. The zero-order valence-electron chi connectivity index (χ0n) is 18.4. The smallest absolute Gasteiger partial charge is 0.233 e. The summed E-state index contributed by atoms with van der Waals surface area (Å²) in [4.78, 5) is 41.8. The second kappa shape index (κ2) is 9.60. The summed E-state index contributed by atoms with van der Waals surface area (Å²) in [5.41, 5.74) is 0.592. The van der Waals surface area contributed by atoms with Gasteiger partial charge in [0.15, 0.2) is 5.78 Å². The van der Waals surface area contributed by atoms with Crippen LogP contribution in [0.1, 0.15) is 62.2 Å². The van der Waals surface area contributed by atoms with Gasteiger partial charge in [0.2, 0.25) is 11.8 Å². The topological polar surface area (TPSA) is 57.7 Å². The molecule has 2 amide bonds. The average molecular weight is 429 g/mol. The Balaban J connectivity index is 1.17. The van der Waals surface area contributed by atoms with Gasteiger partial charge in [-0.05, 0) is 94.8 Å². The zero-order chi connectivity index (χ0) is 22.0. The monoisotopic (exact) mass is 428 g/mol. The first kappa shape index (κ1) is 22.1. The molecule has 3 atom stereocenters. The quantitative estimate of drug-likeness (QED) is 0.375. The Morgan fingerprint density at radius 2 is 1.58 bits per heavy atom. The molecule has 5 nitrogen and oxygen atoms in total. The minimum Gasteiger partial charge on any atom is -0.303 e. The Labute approximate surface area is 184 Å². The molecule has 2 aliphatic heterocycles. The number of unbranched alkanes of at least 4 members (excludes halogenated alkanes) is 1. The molecule has 31 heavy (non-hydrogen) atoms. The van der Waals surface area contributed by atoms with E-state index in [1.54, 1.807) is 12.1 Å². The van der Waals surface area contributed by atoms with Crippen LogP contribution in [0.25, 0.3) is 0 Å². The van der Waals surface area contributed by atoms with Crippen molar-refractivity contribution in [1.82, 2.24) is 9.80 Å². The first-order valence-corrected chi connectivity index (χ1v) is 11.8. The second-order valence-electron chi connectivity index (χ2n) is 9.65. The van der Waals surface area contributed by atoms with Gasteiger partial charge in [-0.1, -0.05) is 6.92 Å². The maximum absolute atomic E-state index is 13.1. The Morgan fingerprint density at radius 3 is 2.29 bits per heavy atom. The highest BCUT2D eigenvalue weighted by atomic mass is 19.1. The predicted molar refractivity (Wildman–Crippen MR) is 116 cm³/mol. The number of ketones is 1. The molecule has 3 aliphatic rings. The zero-order valence-corrected chi connectivity index (χ0v) is 18.4. The summed E-state index contributed by atoms with van der Waals surface area (Å²) in [6.45, 7) is 5.39. The molecule has 3 unspecified atom stereocenters. The molecule has 0 aromatic heterocycles. The third-order valence-electron chi connectivity index (χ3n) is 7.47. The van der Waals surface area contributed by atoms with E-state index >= 15 is 0 Å². The molecular formula is C25H33FN2O3. The second-order valence-corrected chi connectivity index (χ2v) is 9.65. The van der Waals surface area contributed by atoms with Crippen molar-refractivity contribution in [2.75, 3.05) is 26.2 Å².